The van der Waals surface area contributed by atoms with Crippen molar-refractivity contribution in [1.82, 2.24) is 5.43 Å². The molecule has 0 unspecified atom stereocenters. The lowest BCUT2D eigenvalue weighted by atomic mass is 10.1. The first-order valence-electron chi connectivity index (χ1n) is 7.49. The van der Waals surface area contributed by atoms with Crippen molar-refractivity contribution < 1.29 is 24.5 Å². The summed E-state index contributed by atoms with van der Waals surface area (Å²) in [5.41, 5.74) is 3.24. The standard InChI is InChI=1S/C16H22N2O5/c19-10-11-23-14-8-6-13(7-9-14)12-17-18-15(20)4-2-1-3-5-16(21)22/h6-9,12,19H,1-5,10-11H2,(H,18,20)(H,21,22)/b17-12+. The zero-order valence-corrected chi connectivity index (χ0v) is 12.9. The zero-order valence-electron chi connectivity index (χ0n) is 12.9. The molecule has 23 heavy (non-hydrogen) atoms. The van der Waals surface area contributed by atoms with Crippen LogP contribution in [0.1, 0.15) is 37.7 Å². The van der Waals surface area contributed by atoms with Crippen LogP contribution in [0.25, 0.3) is 0 Å². The molecule has 0 spiro atoms. The van der Waals surface area contributed by atoms with Crippen LogP contribution < -0.4 is 10.2 Å². The minimum Gasteiger partial charge on any atom is -0.491 e. The summed E-state index contributed by atoms with van der Waals surface area (Å²) in [6.45, 7) is 0.210. The van der Waals surface area contributed by atoms with E-state index in [9.17, 15) is 9.59 Å². The van der Waals surface area contributed by atoms with E-state index >= 15 is 0 Å². The van der Waals surface area contributed by atoms with Crippen molar-refractivity contribution in [3.8, 4) is 5.75 Å². The first-order chi connectivity index (χ1) is 11.1. The summed E-state index contributed by atoms with van der Waals surface area (Å²) in [5, 5.41) is 21.0. The largest absolute Gasteiger partial charge is 0.491 e. The number of hydrazone groups is 1. The number of benzene rings is 1. The molecule has 0 atom stereocenters. The second-order valence-electron chi connectivity index (χ2n) is 4.89. The fourth-order valence-corrected chi connectivity index (χ4v) is 1.79. The molecule has 0 aliphatic heterocycles. The van der Waals surface area contributed by atoms with E-state index in [2.05, 4.69) is 10.5 Å². The first-order valence-corrected chi connectivity index (χ1v) is 7.49. The lowest BCUT2D eigenvalue weighted by Gasteiger charge is -2.03. The monoisotopic (exact) mass is 322 g/mol. The van der Waals surface area contributed by atoms with E-state index in [0.29, 0.717) is 31.4 Å². The molecule has 0 bridgehead atoms. The molecule has 0 saturated heterocycles. The number of aliphatic hydroxyl groups is 1. The highest BCUT2D eigenvalue weighted by atomic mass is 16.5. The predicted molar refractivity (Wildman–Crippen MR) is 85.5 cm³/mol. The Morgan fingerprint density at radius 3 is 2.48 bits per heavy atom. The van der Waals surface area contributed by atoms with Crippen LogP contribution in [0.5, 0.6) is 5.75 Å². The molecule has 3 N–H and O–H groups in total. The number of aliphatic carboxylic acids is 1. The lowest BCUT2D eigenvalue weighted by Crippen LogP contribution is -2.16. The molecule has 0 heterocycles. The number of hydrogen-bond acceptors (Lipinski definition) is 5. The molecule has 1 rings (SSSR count). The molecule has 7 nitrogen and oxygen atoms in total. The number of carboxylic acids is 1. The van der Waals surface area contributed by atoms with E-state index in [1.165, 1.54) is 6.21 Å². The third-order valence-corrected chi connectivity index (χ3v) is 2.94. The number of aliphatic hydroxyl groups excluding tert-OH is 1. The summed E-state index contributed by atoms with van der Waals surface area (Å²) in [4.78, 5) is 21.8. The van der Waals surface area contributed by atoms with Gasteiger partial charge in [-0.3, -0.25) is 9.59 Å². The molecule has 1 aromatic rings. The van der Waals surface area contributed by atoms with Crippen LogP contribution in [0.15, 0.2) is 29.4 Å². The Labute approximate surface area is 135 Å². The Morgan fingerprint density at radius 1 is 1.13 bits per heavy atom. The van der Waals surface area contributed by atoms with Gasteiger partial charge in [0.1, 0.15) is 12.4 Å². The number of amides is 1. The number of unbranched alkanes of at least 4 members (excludes halogenated alkanes) is 2. The van der Waals surface area contributed by atoms with Gasteiger partial charge >= 0.3 is 5.97 Å². The molecule has 0 aliphatic carbocycles. The topological polar surface area (TPSA) is 108 Å². The summed E-state index contributed by atoms with van der Waals surface area (Å²) in [6.07, 6.45) is 3.92. The van der Waals surface area contributed by atoms with E-state index in [0.717, 1.165) is 5.56 Å². The van der Waals surface area contributed by atoms with Crippen LogP contribution in [0.4, 0.5) is 0 Å². The number of rotatable bonds is 11. The fourth-order valence-electron chi connectivity index (χ4n) is 1.79. The molecule has 7 heteroatoms. The Bertz CT molecular complexity index is 514. The first kappa shape index (κ1) is 18.6. The van der Waals surface area contributed by atoms with Crippen molar-refractivity contribution in [1.29, 1.82) is 0 Å². The molecule has 0 radical (unpaired) electrons. The van der Waals surface area contributed by atoms with Gasteiger partial charge in [-0.25, -0.2) is 5.43 Å². The maximum Gasteiger partial charge on any atom is 0.303 e. The van der Waals surface area contributed by atoms with E-state index in [4.69, 9.17) is 14.9 Å². The average molecular weight is 322 g/mol. The normalized spacial score (nSPS) is 10.7. The number of ether oxygens (including phenoxy) is 1. The average Bonchev–Trinajstić information content (AvgIpc) is 2.53. The van der Waals surface area contributed by atoms with Gasteiger partial charge in [0, 0.05) is 12.8 Å². The van der Waals surface area contributed by atoms with Gasteiger partial charge in [-0.2, -0.15) is 5.10 Å². The van der Waals surface area contributed by atoms with E-state index in [1.54, 1.807) is 24.3 Å². The van der Waals surface area contributed by atoms with Crippen LogP contribution >= 0.6 is 0 Å². The van der Waals surface area contributed by atoms with Gasteiger partial charge < -0.3 is 14.9 Å². The summed E-state index contributed by atoms with van der Waals surface area (Å²) >= 11 is 0. The summed E-state index contributed by atoms with van der Waals surface area (Å²) in [6, 6.07) is 7.07. The number of hydrogen-bond donors (Lipinski definition) is 3. The Kier molecular flexibility index (Phi) is 9.07. The van der Waals surface area contributed by atoms with Gasteiger partial charge in [0.25, 0.3) is 0 Å². The van der Waals surface area contributed by atoms with E-state index in [-0.39, 0.29) is 25.5 Å². The number of carbonyl (C=O) groups is 2. The second-order valence-corrected chi connectivity index (χ2v) is 4.89. The molecule has 0 aliphatic rings. The number of carbonyl (C=O) groups excluding carboxylic acids is 1. The third-order valence-electron chi connectivity index (χ3n) is 2.94. The van der Waals surface area contributed by atoms with Crippen LogP contribution in [0.3, 0.4) is 0 Å². The van der Waals surface area contributed by atoms with Crippen LogP contribution in [-0.2, 0) is 9.59 Å². The minimum absolute atomic E-state index is 0.0362. The zero-order chi connectivity index (χ0) is 16.9. The molecule has 0 fully saturated rings. The van der Waals surface area contributed by atoms with Gasteiger partial charge in [-0.05, 0) is 42.7 Å². The van der Waals surface area contributed by atoms with Crippen LogP contribution in [0, 0.1) is 0 Å². The second kappa shape index (κ2) is 11.2. The molecule has 1 aromatic carbocycles. The number of nitrogens with one attached hydrogen (secondary N) is 1. The molecule has 0 aromatic heterocycles. The SMILES string of the molecule is O=C(O)CCCCCC(=O)N/N=C/c1ccc(OCCO)cc1. The highest BCUT2D eigenvalue weighted by Gasteiger charge is 2.01. The van der Waals surface area contributed by atoms with Gasteiger partial charge in [0.2, 0.25) is 5.91 Å². The van der Waals surface area contributed by atoms with Crippen molar-refractivity contribution in [3.63, 3.8) is 0 Å². The summed E-state index contributed by atoms with van der Waals surface area (Å²) in [5.74, 6) is -0.354. The van der Waals surface area contributed by atoms with Gasteiger partial charge in [-0.15, -0.1) is 0 Å². The van der Waals surface area contributed by atoms with Gasteiger partial charge in [0.15, 0.2) is 0 Å². The van der Waals surface area contributed by atoms with E-state index < -0.39 is 5.97 Å². The Balaban J connectivity index is 2.21. The fraction of sp³-hybridized carbons (Fsp3) is 0.438. The number of nitrogens with zero attached hydrogens (tertiary/aromatic N) is 1. The summed E-state index contributed by atoms with van der Waals surface area (Å²) < 4.78 is 5.23. The Morgan fingerprint density at radius 2 is 1.83 bits per heavy atom. The van der Waals surface area contributed by atoms with Crippen molar-refractivity contribution in [2.24, 2.45) is 5.10 Å². The molecular weight excluding hydrogens is 300 g/mol. The summed E-state index contributed by atoms with van der Waals surface area (Å²) in [7, 11) is 0. The van der Waals surface area contributed by atoms with Gasteiger partial charge in [0.05, 0.1) is 12.8 Å². The molecule has 126 valence electrons. The lowest BCUT2D eigenvalue weighted by molar-refractivity contribution is -0.137. The predicted octanol–water partition coefficient (Wildman–Crippen LogP) is 1.54. The smallest absolute Gasteiger partial charge is 0.303 e. The molecular formula is C16H22N2O5. The van der Waals surface area contributed by atoms with Crippen LogP contribution in [-0.4, -0.2) is 41.5 Å². The minimum atomic E-state index is -0.813. The van der Waals surface area contributed by atoms with Crippen molar-refractivity contribution in [2.45, 2.75) is 32.1 Å². The van der Waals surface area contributed by atoms with Crippen molar-refractivity contribution >= 4 is 18.1 Å². The van der Waals surface area contributed by atoms with Gasteiger partial charge in [-0.1, -0.05) is 6.42 Å². The Hall–Kier alpha value is -2.41. The molecule has 1 amide bonds. The maximum atomic E-state index is 11.5. The highest BCUT2D eigenvalue weighted by Crippen LogP contribution is 2.10. The maximum absolute atomic E-state index is 11.5. The quantitative estimate of drug-likeness (QED) is 0.325. The van der Waals surface area contributed by atoms with E-state index in [1.807, 2.05) is 0 Å². The van der Waals surface area contributed by atoms with Crippen molar-refractivity contribution in [3.05, 3.63) is 29.8 Å². The highest BCUT2D eigenvalue weighted by molar-refractivity contribution is 5.82. The van der Waals surface area contributed by atoms with Crippen LogP contribution in [0.2, 0.25) is 0 Å². The molecule has 0 saturated carbocycles. The van der Waals surface area contributed by atoms with Crippen molar-refractivity contribution in [2.75, 3.05) is 13.2 Å². The number of carboxylic acid groups (broad SMARTS) is 1. The third kappa shape index (κ3) is 9.26.